The van der Waals surface area contributed by atoms with Crippen LogP contribution in [0.15, 0.2) is 4.99 Å². The maximum Gasteiger partial charge on any atom is 0.0617 e. The van der Waals surface area contributed by atoms with E-state index in [0.29, 0.717) is 5.25 Å². The van der Waals surface area contributed by atoms with Crippen LogP contribution in [0, 0.1) is 0 Å². The highest BCUT2D eigenvalue weighted by Gasteiger charge is 1.97. The molecule has 52 valence electrons. The van der Waals surface area contributed by atoms with Gasteiger partial charge in [-0.05, 0) is 18.5 Å². The molecule has 0 rings (SSSR count). The van der Waals surface area contributed by atoms with E-state index in [1.807, 2.05) is 10.8 Å². The molecule has 0 N–H and O–H groups in total. The van der Waals surface area contributed by atoms with Gasteiger partial charge in [-0.1, -0.05) is 28.5 Å². The van der Waals surface area contributed by atoms with Crippen molar-refractivity contribution in [1.29, 1.82) is 0 Å². The van der Waals surface area contributed by atoms with Crippen LogP contribution in [0.1, 0.15) is 6.92 Å². The molecule has 9 heavy (non-hydrogen) atoms. The van der Waals surface area contributed by atoms with Crippen LogP contribution in [0.3, 0.4) is 0 Å². The fourth-order valence-electron chi connectivity index (χ4n) is 0.361. The number of rotatable bonds is 4. The molecule has 0 saturated carbocycles. The van der Waals surface area contributed by atoms with Gasteiger partial charge < -0.3 is 0 Å². The number of hydrogen-bond donors (Lipinski definition) is 0. The molecule has 0 aliphatic rings. The molecule has 0 saturated heterocycles. The number of hydrogen-bond acceptors (Lipinski definition) is 4. The average Bonchev–Trinajstić information content (AvgIpc) is 1.85. The molecular weight excluding hydrogens is 170 g/mol. The third-order valence-corrected chi connectivity index (χ3v) is 3.04. The van der Waals surface area contributed by atoms with E-state index in [4.69, 9.17) is 0 Å². The number of aliphatic imine (C=N–C) groups is 1. The molecule has 0 amide bonds. The molecule has 4 heteroatoms. The van der Waals surface area contributed by atoms with Crippen LogP contribution < -0.4 is 0 Å². The molecule has 0 aromatic rings. The third kappa shape index (κ3) is 6.38. The summed E-state index contributed by atoms with van der Waals surface area (Å²) in [5, 5.41) is 2.89. The molecule has 0 aromatic heterocycles. The zero-order valence-electron chi connectivity index (χ0n) is 5.46. The van der Waals surface area contributed by atoms with Crippen molar-refractivity contribution in [2.45, 2.75) is 12.2 Å². The highest BCUT2D eigenvalue weighted by Crippen LogP contribution is 2.22. The van der Waals surface area contributed by atoms with Gasteiger partial charge in [-0.25, -0.2) is 4.99 Å². The number of thiocarbonyl (C=S) groups is 1. The first-order valence-corrected chi connectivity index (χ1v) is 5.57. The van der Waals surface area contributed by atoms with Gasteiger partial charge in [0.1, 0.15) is 0 Å². The van der Waals surface area contributed by atoms with E-state index in [9.17, 15) is 0 Å². The predicted octanol–water partition coefficient (Wildman–Crippen LogP) is 2.49. The van der Waals surface area contributed by atoms with Crippen molar-refractivity contribution >= 4 is 39.0 Å². The Kier molecular flexibility index (Phi) is 6.99. The van der Waals surface area contributed by atoms with E-state index in [1.165, 1.54) is 0 Å². The number of isothiocyanates is 1. The minimum Gasteiger partial charge on any atom is -0.231 e. The van der Waals surface area contributed by atoms with Crippen LogP contribution in [0.2, 0.25) is 0 Å². The molecule has 0 aliphatic carbocycles. The molecule has 0 aromatic carbocycles. The summed E-state index contributed by atoms with van der Waals surface area (Å²) < 4.78 is 0. The van der Waals surface area contributed by atoms with Gasteiger partial charge in [-0.2, -0.15) is 0 Å². The van der Waals surface area contributed by atoms with E-state index in [1.54, 1.807) is 10.8 Å². The topological polar surface area (TPSA) is 12.4 Å². The smallest absolute Gasteiger partial charge is 0.0617 e. The van der Waals surface area contributed by atoms with E-state index in [2.05, 4.69) is 35.6 Å². The first-order valence-electron chi connectivity index (χ1n) is 2.54. The van der Waals surface area contributed by atoms with Crippen molar-refractivity contribution in [1.82, 2.24) is 0 Å². The van der Waals surface area contributed by atoms with Crippen LogP contribution in [-0.4, -0.2) is 23.2 Å². The molecule has 0 aliphatic heterocycles. The Morgan fingerprint density at radius 1 is 1.78 bits per heavy atom. The summed E-state index contributed by atoms with van der Waals surface area (Å²) in [5.41, 5.74) is 0. The van der Waals surface area contributed by atoms with Gasteiger partial charge in [0.05, 0.1) is 11.7 Å². The summed E-state index contributed by atoms with van der Waals surface area (Å²) in [5.74, 6) is 0. The summed E-state index contributed by atoms with van der Waals surface area (Å²) in [4.78, 5) is 3.82. The van der Waals surface area contributed by atoms with Gasteiger partial charge in [-0.3, -0.25) is 0 Å². The summed E-state index contributed by atoms with van der Waals surface area (Å²) in [6.07, 6.45) is 2.06. The summed E-state index contributed by atoms with van der Waals surface area (Å²) >= 11 is 4.42. The summed E-state index contributed by atoms with van der Waals surface area (Å²) in [6.45, 7) is 2.91. The normalized spacial score (nSPS) is 12.2. The van der Waals surface area contributed by atoms with Gasteiger partial charge in [0.15, 0.2) is 0 Å². The minimum atomic E-state index is 0.551. The third-order valence-electron chi connectivity index (χ3n) is 0.673. The highest BCUT2D eigenvalue weighted by atomic mass is 33.1. The first kappa shape index (κ1) is 9.50. The van der Waals surface area contributed by atoms with Crippen molar-refractivity contribution in [3.8, 4) is 0 Å². The van der Waals surface area contributed by atoms with E-state index in [0.717, 1.165) is 6.54 Å². The van der Waals surface area contributed by atoms with Crippen molar-refractivity contribution in [3.05, 3.63) is 0 Å². The van der Waals surface area contributed by atoms with E-state index in [-0.39, 0.29) is 0 Å². The zero-order valence-corrected chi connectivity index (χ0v) is 7.91. The van der Waals surface area contributed by atoms with Gasteiger partial charge in [0.2, 0.25) is 0 Å². The second-order valence-corrected chi connectivity index (χ2v) is 4.60. The van der Waals surface area contributed by atoms with Crippen molar-refractivity contribution in [3.63, 3.8) is 0 Å². The molecule has 0 heterocycles. The SMILES string of the molecule is CSSC(C)CN=C=S. The zero-order chi connectivity index (χ0) is 7.11. The van der Waals surface area contributed by atoms with Gasteiger partial charge in [0.25, 0.3) is 0 Å². The Hall–Kier alpha value is 0.500. The van der Waals surface area contributed by atoms with Crippen molar-refractivity contribution in [2.24, 2.45) is 4.99 Å². The fraction of sp³-hybridized carbons (Fsp3) is 0.800. The average molecular weight is 179 g/mol. The molecule has 1 unspecified atom stereocenters. The lowest BCUT2D eigenvalue weighted by atomic mass is 10.5. The monoisotopic (exact) mass is 179 g/mol. The predicted molar refractivity (Wildman–Crippen MR) is 50.5 cm³/mol. The van der Waals surface area contributed by atoms with Crippen LogP contribution in [0.25, 0.3) is 0 Å². The van der Waals surface area contributed by atoms with Crippen LogP contribution in [-0.2, 0) is 0 Å². The van der Waals surface area contributed by atoms with Crippen molar-refractivity contribution < 1.29 is 0 Å². The largest absolute Gasteiger partial charge is 0.231 e. The van der Waals surface area contributed by atoms with Crippen LogP contribution in [0.4, 0.5) is 0 Å². The molecule has 0 spiro atoms. The molecule has 0 fully saturated rings. The summed E-state index contributed by atoms with van der Waals surface area (Å²) in [6, 6.07) is 0. The molecular formula is C5H9NS3. The quantitative estimate of drug-likeness (QED) is 0.374. The maximum atomic E-state index is 4.42. The van der Waals surface area contributed by atoms with Gasteiger partial charge in [-0.15, -0.1) is 0 Å². The Labute approximate surface area is 69.1 Å². The van der Waals surface area contributed by atoms with Crippen LogP contribution in [0.5, 0.6) is 0 Å². The summed E-state index contributed by atoms with van der Waals surface area (Å²) in [7, 11) is 3.56. The van der Waals surface area contributed by atoms with E-state index >= 15 is 0 Å². The van der Waals surface area contributed by atoms with Crippen LogP contribution >= 0.6 is 33.8 Å². The second-order valence-electron chi connectivity index (χ2n) is 1.51. The lowest BCUT2D eigenvalue weighted by Gasteiger charge is -2.01. The highest BCUT2D eigenvalue weighted by molar-refractivity contribution is 8.76. The Balaban J connectivity index is 3.25. The first-order chi connectivity index (χ1) is 4.31. The Morgan fingerprint density at radius 2 is 2.44 bits per heavy atom. The molecule has 0 radical (unpaired) electrons. The van der Waals surface area contributed by atoms with E-state index < -0.39 is 0 Å². The Morgan fingerprint density at radius 3 is 2.89 bits per heavy atom. The lowest BCUT2D eigenvalue weighted by molar-refractivity contribution is 0.966. The van der Waals surface area contributed by atoms with Gasteiger partial charge in [0, 0.05) is 5.25 Å². The Bertz CT molecular complexity index is 109. The lowest BCUT2D eigenvalue weighted by Crippen LogP contribution is -1.97. The van der Waals surface area contributed by atoms with Crippen molar-refractivity contribution in [2.75, 3.05) is 12.8 Å². The maximum absolute atomic E-state index is 4.42. The molecule has 1 nitrogen and oxygen atoms in total. The van der Waals surface area contributed by atoms with Gasteiger partial charge >= 0.3 is 0 Å². The molecule has 0 bridgehead atoms. The standard InChI is InChI=1S/C5H9NS3/c1-5(9-8-2)3-6-4-7/h5H,3H2,1-2H3. The second kappa shape index (κ2) is 6.62. The minimum absolute atomic E-state index is 0.551. The molecule has 1 atom stereocenters. The fourth-order valence-corrected chi connectivity index (χ4v) is 2.07. The number of nitrogens with zero attached hydrogens (tertiary/aromatic N) is 1.